The average molecular weight is 576 g/mol. The number of methoxy groups -OCH3 is 1. The van der Waals surface area contributed by atoms with Crippen molar-refractivity contribution in [2.75, 3.05) is 7.11 Å². The van der Waals surface area contributed by atoms with Gasteiger partial charge in [0.2, 0.25) is 0 Å². The van der Waals surface area contributed by atoms with Crippen molar-refractivity contribution in [3.05, 3.63) is 12.2 Å². The third-order valence-corrected chi connectivity index (χ3v) is 4.06. The van der Waals surface area contributed by atoms with Gasteiger partial charge in [-0.15, -0.1) is 0 Å². The highest BCUT2D eigenvalue weighted by molar-refractivity contribution is 5.88. The van der Waals surface area contributed by atoms with E-state index in [-0.39, 0.29) is 0 Å². The van der Waals surface area contributed by atoms with Crippen LogP contribution in [0.1, 0.15) is 12.8 Å². The molecular formula is C15H9F17O4. The van der Waals surface area contributed by atoms with Crippen LogP contribution in [0.4, 0.5) is 74.6 Å². The molecule has 0 saturated heterocycles. The van der Waals surface area contributed by atoms with Gasteiger partial charge in [-0.2, -0.15) is 74.6 Å². The highest BCUT2D eigenvalue weighted by Crippen LogP contribution is 2.64. The van der Waals surface area contributed by atoms with Crippen LogP contribution >= 0.6 is 0 Å². The topological polar surface area (TPSA) is 52.6 Å². The first kappa shape index (κ1) is 33.5. The maximum Gasteiger partial charge on any atom is 0.473 e. The molecule has 0 aromatic rings. The lowest BCUT2D eigenvalue weighted by Crippen LogP contribution is -2.74. The van der Waals surface area contributed by atoms with Gasteiger partial charge >= 0.3 is 59.8 Å². The Hall–Kier alpha value is -2.51. The van der Waals surface area contributed by atoms with Gasteiger partial charge in [0.1, 0.15) is 0 Å². The lowest BCUT2D eigenvalue weighted by atomic mass is 9.90. The third kappa shape index (κ3) is 5.00. The molecule has 0 aliphatic heterocycles. The number of hydrogen-bond acceptors (Lipinski definition) is 4. The Bertz CT molecular complexity index is 859. The number of hydrogen-bond donors (Lipinski definition) is 0. The van der Waals surface area contributed by atoms with E-state index in [1.165, 1.54) is 0 Å². The average Bonchev–Trinajstić information content (AvgIpc) is 2.69. The Balaban J connectivity index is 6.39. The largest absolute Gasteiger partial charge is 0.473 e. The van der Waals surface area contributed by atoms with Crippen LogP contribution in [0, 0.1) is 0 Å². The van der Waals surface area contributed by atoms with Crippen LogP contribution in [0.15, 0.2) is 12.2 Å². The molecule has 0 unspecified atom stereocenters. The van der Waals surface area contributed by atoms with Crippen LogP contribution < -0.4 is 0 Å². The first-order valence-electron chi connectivity index (χ1n) is 8.20. The molecule has 0 aromatic carbocycles. The van der Waals surface area contributed by atoms with Crippen LogP contribution in [-0.2, 0) is 19.1 Å². The fourth-order valence-corrected chi connectivity index (χ4v) is 1.86. The van der Waals surface area contributed by atoms with Crippen LogP contribution in [0.5, 0.6) is 0 Å². The van der Waals surface area contributed by atoms with Crippen LogP contribution in [0.3, 0.4) is 0 Å². The molecular weight excluding hydrogens is 567 g/mol. The van der Waals surface area contributed by atoms with Gasteiger partial charge in [0.25, 0.3) is 0 Å². The summed E-state index contributed by atoms with van der Waals surface area (Å²) in [5.74, 6) is -55.4. The van der Waals surface area contributed by atoms with Crippen molar-refractivity contribution in [2.24, 2.45) is 0 Å². The summed E-state index contributed by atoms with van der Waals surface area (Å²) in [7, 11) is 0.740. The smallest absolute Gasteiger partial charge is 0.469 e. The summed E-state index contributed by atoms with van der Waals surface area (Å²) in [6, 6.07) is 0. The van der Waals surface area contributed by atoms with E-state index in [2.05, 4.69) is 16.1 Å². The number of esters is 2. The Morgan fingerprint density at radius 3 is 1.25 bits per heavy atom. The highest BCUT2D eigenvalue weighted by Gasteiger charge is 2.95. The van der Waals surface area contributed by atoms with Crippen molar-refractivity contribution in [3.63, 3.8) is 0 Å². The van der Waals surface area contributed by atoms with Gasteiger partial charge < -0.3 is 9.47 Å². The molecule has 21 heteroatoms. The summed E-state index contributed by atoms with van der Waals surface area (Å²) in [5, 5.41) is 0. The third-order valence-electron chi connectivity index (χ3n) is 4.06. The zero-order valence-electron chi connectivity index (χ0n) is 16.7. The maximum absolute atomic E-state index is 13.6. The molecule has 4 nitrogen and oxygen atoms in total. The Morgan fingerprint density at radius 2 is 0.917 bits per heavy atom. The molecule has 0 bridgehead atoms. The molecule has 0 aromatic heterocycles. The Labute approximate surface area is 187 Å². The first-order valence-corrected chi connectivity index (χ1v) is 8.20. The van der Waals surface area contributed by atoms with Crippen molar-refractivity contribution in [2.45, 2.75) is 60.7 Å². The molecule has 0 amide bonds. The summed E-state index contributed by atoms with van der Waals surface area (Å²) < 4.78 is 229. The normalized spacial score (nSPS) is 14.9. The fourth-order valence-electron chi connectivity index (χ4n) is 1.86. The van der Waals surface area contributed by atoms with Gasteiger partial charge in [-0.05, 0) is 6.42 Å². The van der Waals surface area contributed by atoms with Gasteiger partial charge in [0.05, 0.1) is 7.11 Å². The van der Waals surface area contributed by atoms with E-state index in [0.29, 0.717) is 0 Å². The van der Waals surface area contributed by atoms with Gasteiger partial charge in [0.15, 0.2) is 0 Å². The number of carbonyl (C=O) groups excluding carboxylic acids is 2. The Morgan fingerprint density at radius 1 is 0.583 bits per heavy atom. The molecule has 0 aliphatic rings. The number of halogens is 17. The second-order valence-corrected chi connectivity index (χ2v) is 6.53. The summed E-state index contributed by atoms with van der Waals surface area (Å²) in [4.78, 5) is 22.1. The van der Waals surface area contributed by atoms with Gasteiger partial charge in [-0.25, -0.2) is 4.79 Å². The first-order chi connectivity index (χ1) is 15.5. The number of ether oxygens (including phenoxy) is 2. The summed E-state index contributed by atoms with van der Waals surface area (Å²) in [6.07, 6.45) is -17.2. The zero-order chi connectivity index (χ0) is 29.6. The van der Waals surface area contributed by atoms with Gasteiger partial charge in [-0.3, -0.25) is 4.79 Å². The highest BCUT2D eigenvalue weighted by atomic mass is 19.4. The van der Waals surface area contributed by atoms with Crippen LogP contribution in [0.25, 0.3) is 0 Å². The van der Waals surface area contributed by atoms with E-state index < -0.39 is 78.2 Å². The molecule has 0 rings (SSSR count). The monoisotopic (exact) mass is 576 g/mol. The lowest BCUT2D eigenvalue weighted by Gasteiger charge is -2.42. The second-order valence-electron chi connectivity index (χ2n) is 6.53. The molecule has 0 radical (unpaired) electrons. The number of carbonyl (C=O) groups is 2. The molecule has 0 atom stereocenters. The number of alkyl halides is 17. The van der Waals surface area contributed by atoms with Crippen molar-refractivity contribution >= 4 is 11.9 Å². The maximum atomic E-state index is 13.6. The predicted molar refractivity (Wildman–Crippen MR) is 77.2 cm³/mol. The Kier molecular flexibility index (Phi) is 8.76. The summed E-state index contributed by atoms with van der Waals surface area (Å²) in [6.45, 7) is 2.55. The summed E-state index contributed by atoms with van der Waals surface area (Å²) in [5.41, 5.74) is -1.45. The minimum Gasteiger partial charge on any atom is -0.469 e. The van der Waals surface area contributed by atoms with Gasteiger partial charge in [0, 0.05) is 12.0 Å². The van der Waals surface area contributed by atoms with E-state index in [9.17, 15) is 84.2 Å². The molecule has 0 N–H and O–H groups in total. The van der Waals surface area contributed by atoms with Crippen molar-refractivity contribution in [3.8, 4) is 0 Å². The van der Waals surface area contributed by atoms with E-state index in [4.69, 9.17) is 0 Å². The van der Waals surface area contributed by atoms with Crippen LogP contribution in [0.2, 0.25) is 0 Å². The minimum atomic E-state index is -8.80. The fraction of sp³-hybridized carbons (Fsp3) is 0.733. The van der Waals surface area contributed by atoms with Crippen LogP contribution in [-0.4, -0.2) is 66.9 Å². The quantitative estimate of drug-likeness (QED) is 0.172. The summed E-state index contributed by atoms with van der Waals surface area (Å²) >= 11 is 0. The van der Waals surface area contributed by atoms with Crippen molar-refractivity contribution in [1.29, 1.82) is 0 Å². The van der Waals surface area contributed by atoms with Crippen molar-refractivity contribution < 1.29 is 93.7 Å². The predicted octanol–water partition coefficient (Wildman–Crippen LogP) is 6.01. The zero-order valence-corrected chi connectivity index (χ0v) is 16.7. The SMILES string of the molecule is C=C(CCC(=O)OC)C(=O)OC(F)(F)C(F)(F)C(F)(F)C(F)(F)C(F)(F)C(F)(F)C(F)(F)C(F)(F)F. The number of rotatable bonds is 11. The van der Waals surface area contributed by atoms with E-state index in [1.807, 2.05) is 0 Å². The standard InChI is InChI=1S/C15H9F17O4/c1-5(3-4-6(33)35-2)7(34)36-15(31,32)13(26,27)11(22,23)9(18,19)8(16,17)10(20,21)12(24,25)14(28,29)30/h1,3-4H2,2H3. The van der Waals surface area contributed by atoms with Crippen molar-refractivity contribution in [1.82, 2.24) is 0 Å². The lowest BCUT2D eigenvalue weighted by molar-refractivity contribution is -0.473. The molecule has 0 saturated carbocycles. The molecule has 212 valence electrons. The molecule has 0 spiro atoms. The van der Waals surface area contributed by atoms with E-state index in [0.717, 1.165) is 7.11 Å². The molecule has 0 heterocycles. The molecule has 0 aliphatic carbocycles. The second kappa shape index (κ2) is 9.42. The minimum absolute atomic E-state index is 0.740. The van der Waals surface area contributed by atoms with E-state index >= 15 is 0 Å². The molecule has 36 heavy (non-hydrogen) atoms. The van der Waals surface area contributed by atoms with Gasteiger partial charge in [-0.1, -0.05) is 6.58 Å². The van der Waals surface area contributed by atoms with E-state index in [1.54, 1.807) is 0 Å². The molecule has 0 fully saturated rings.